The molecule has 0 fully saturated rings. The van der Waals surface area contributed by atoms with Gasteiger partial charge in [-0.05, 0) is 11.5 Å². The zero-order chi connectivity index (χ0) is 8.20. The Kier molecular flexibility index (Phi) is 3.30. The van der Waals surface area contributed by atoms with Gasteiger partial charge in [-0.25, -0.2) is 0 Å². The summed E-state index contributed by atoms with van der Waals surface area (Å²) in [5.41, 5.74) is -0.300. The number of aliphatic hydroxyl groups is 1. The number of rotatable bonds is 4. The third kappa shape index (κ3) is 3.41. The fourth-order valence-corrected chi connectivity index (χ4v) is 0.600. The first-order valence-electron chi connectivity index (χ1n) is 3.28. The van der Waals surface area contributed by atoms with E-state index in [4.69, 9.17) is 5.11 Å². The Hall–Kier alpha value is -0.630. The molecule has 0 aromatic heterocycles. The van der Waals surface area contributed by atoms with Gasteiger partial charge in [-0.1, -0.05) is 20.4 Å². The highest BCUT2D eigenvalue weighted by atomic mass is 16.3. The largest absolute Gasteiger partial charge is 0.396 e. The number of carbonyl (C=O) groups is 1. The lowest BCUT2D eigenvalue weighted by atomic mass is 9.88. The number of hydrogen-bond acceptors (Lipinski definition) is 2. The van der Waals surface area contributed by atoms with Crippen molar-refractivity contribution in [2.75, 3.05) is 6.61 Å². The molecule has 0 aliphatic carbocycles. The topological polar surface area (TPSA) is 37.3 Å². The molecular weight excluding hydrogens is 128 g/mol. The molecule has 1 N–H and O–H groups in total. The van der Waals surface area contributed by atoms with Gasteiger partial charge in [0.25, 0.3) is 0 Å². The summed E-state index contributed by atoms with van der Waals surface area (Å²) < 4.78 is 0. The van der Waals surface area contributed by atoms with Gasteiger partial charge in [0.05, 0.1) is 0 Å². The van der Waals surface area contributed by atoms with E-state index < -0.39 is 0 Å². The molecule has 2 heteroatoms. The van der Waals surface area contributed by atoms with Gasteiger partial charge in [0.15, 0.2) is 5.78 Å². The lowest BCUT2D eigenvalue weighted by Crippen LogP contribution is -2.20. The van der Waals surface area contributed by atoms with Crippen molar-refractivity contribution in [2.45, 2.75) is 20.3 Å². The van der Waals surface area contributed by atoms with Crippen LogP contribution in [0.4, 0.5) is 0 Å². The Labute approximate surface area is 61.6 Å². The van der Waals surface area contributed by atoms with Crippen LogP contribution in [0.2, 0.25) is 0 Å². The second kappa shape index (κ2) is 3.52. The standard InChI is InChI=1S/C8H14O2/c1-4-7(10)5-8(2,3)6-9/h4,9H,1,5-6H2,2-3H3. The molecule has 58 valence electrons. The van der Waals surface area contributed by atoms with Crippen LogP contribution in [0.15, 0.2) is 12.7 Å². The third-order valence-electron chi connectivity index (χ3n) is 1.31. The van der Waals surface area contributed by atoms with E-state index in [1.165, 1.54) is 6.08 Å². The van der Waals surface area contributed by atoms with E-state index >= 15 is 0 Å². The van der Waals surface area contributed by atoms with Crippen LogP contribution < -0.4 is 0 Å². The molecular formula is C8H14O2. The van der Waals surface area contributed by atoms with Gasteiger partial charge in [-0.3, -0.25) is 4.79 Å². The number of aliphatic hydroxyl groups excluding tert-OH is 1. The van der Waals surface area contributed by atoms with Gasteiger partial charge in [-0.2, -0.15) is 0 Å². The molecule has 0 unspecified atom stereocenters. The summed E-state index contributed by atoms with van der Waals surface area (Å²) in [7, 11) is 0. The molecule has 10 heavy (non-hydrogen) atoms. The lowest BCUT2D eigenvalue weighted by molar-refractivity contribution is -0.116. The van der Waals surface area contributed by atoms with Crippen molar-refractivity contribution in [1.82, 2.24) is 0 Å². The molecule has 0 heterocycles. The maximum absolute atomic E-state index is 10.8. The van der Waals surface area contributed by atoms with Crippen LogP contribution in [0.1, 0.15) is 20.3 Å². The van der Waals surface area contributed by atoms with Gasteiger partial charge in [0.2, 0.25) is 0 Å². The molecule has 0 saturated carbocycles. The van der Waals surface area contributed by atoms with Crippen molar-refractivity contribution in [3.05, 3.63) is 12.7 Å². The van der Waals surface area contributed by atoms with Gasteiger partial charge in [0, 0.05) is 13.0 Å². The van der Waals surface area contributed by atoms with Crippen molar-refractivity contribution in [2.24, 2.45) is 5.41 Å². The summed E-state index contributed by atoms with van der Waals surface area (Å²) in [6.45, 7) is 7.07. The van der Waals surface area contributed by atoms with Crippen LogP contribution in [0.3, 0.4) is 0 Å². The molecule has 0 saturated heterocycles. The fraction of sp³-hybridized carbons (Fsp3) is 0.625. The summed E-state index contributed by atoms with van der Waals surface area (Å²) in [6.07, 6.45) is 1.66. The molecule has 0 aliphatic heterocycles. The Morgan fingerprint density at radius 2 is 2.20 bits per heavy atom. The molecule has 2 nitrogen and oxygen atoms in total. The second-order valence-corrected chi connectivity index (χ2v) is 3.17. The van der Waals surface area contributed by atoms with Gasteiger partial charge >= 0.3 is 0 Å². The summed E-state index contributed by atoms with van der Waals surface area (Å²) >= 11 is 0. The predicted molar refractivity (Wildman–Crippen MR) is 40.7 cm³/mol. The SMILES string of the molecule is C=CC(=O)CC(C)(C)CO. The highest BCUT2D eigenvalue weighted by molar-refractivity contribution is 5.89. The number of allylic oxidation sites excluding steroid dienone is 1. The summed E-state index contributed by atoms with van der Waals surface area (Å²) in [4.78, 5) is 10.8. The first-order valence-corrected chi connectivity index (χ1v) is 3.28. The van der Waals surface area contributed by atoms with Crippen LogP contribution in [-0.2, 0) is 4.79 Å². The molecule has 0 rings (SSSR count). The lowest BCUT2D eigenvalue weighted by Gasteiger charge is -2.18. The molecule has 0 aromatic carbocycles. The van der Waals surface area contributed by atoms with E-state index in [0.29, 0.717) is 6.42 Å². The predicted octanol–water partition coefficient (Wildman–Crippen LogP) is 1.15. The van der Waals surface area contributed by atoms with Gasteiger partial charge in [0.1, 0.15) is 0 Å². The quantitative estimate of drug-likeness (QED) is 0.598. The molecule has 0 aromatic rings. The second-order valence-electron chi connectivity index (χ2n) is 3.17. The van der Waals surface area contributed by atoms with Crippen molar-refractivity contribution in [1.29, 1.82) is 0 Å². The average Bonchev–Trinajstić information content (AvgIpc) is 1.87. The van der Waals surface area contributed by atoms with E-state index in [0.717, 1.165) is 0 Å². The van der Waals surface area contributed by atoms with Gasteiger partial charge in [-0.15, -0.1) is 0 Å². The smallest absolute Gasteiger partial charge is 0.155 e. The van der Waals surface area contributed by atoms with Gasteiger partial charge < -0.3 is 5.11 Å². The average molecular weight is 142 g/mol. The van der Waals surface area contributed by atoms with Crippen LogP contribution in [-0.4, -0.2) is 17.5 Å². The summed E-state index contributed by atoms with van der Waals surface area (Å²) in [6, 6.07) is 0. The highest BCUT2D eigenvalue weighted by Crippen LogP contribution is 2.18. The minimum absolute atomic E-state index is 0.0148. The molecule has 0 spiro atoms. The zero-order valence-electron chi connectivity index (χ0n) is 6.55. The van der Waals surface area contributed by atoms with E-state index in [1.807, 2.05) is 13.8 Å². The minimum atomic E-state index is -0.300. The van der Waals surface area contributed by atoms with E-state index in [2.05, 4.69) is 6.58 Å². The highest BCUT2D eigenvalue weighted by Gasteiger charge is 2.18. The Morgan fingerprint density at radius 1 is 1.70 bits per heavy atom. The first-order chi connectivity index (χ1) is 4.52. The van der Waals surface area contributed by atoms with Crippen molar-refractivity contribution >= 4 is 5.78 Å². The van der Waals surface area contributed by atoms with Crippen LogP contribution in [0, 0.1) is 5.41 Å². The van der Waals surface area contributed by atoms with Crippen molar-refractivity contribution in [3.63, 3.8) is 0 Å². The van der Waals surface area contributed by atoms with Crippen LogP contribution in [0.5, 0.6) is 0 Å². The van der Waals surface area contributed by atoms with E-state index in [1.54, 1.807) is 0 Å². The third-order valence-corrected chi connectivity index (χ3v) is 1.31. The number of ketones is 1. The Balaban J connectivity index is 3.87. The Morgan fingerprint density at radius 3 is 2.50 bits per heavy atom. The molecule has 0 aliphatic rings. The van der Waals surface area contributed by atoms with Crippen LogP contribution in [0.25, 0.3) is 0 Å². The monoisotopic (exact) mass is 142 g/mol. The van der Waals surface area contributed by atoms with E-state index in [-0.39, 0.29) is 17.8 Å². The maximum Gasteiger partial charge on any atom is 0.155 e. The van der Waals surface area contributed by atoms with Crippen LogP contribution >= 0.6 is 0 Å². The number of carbonyl (C=O) groups excluding carboxylic acids is 1. The minimum Gasteiger partial charge on any atom is -0.396 e. The normalized spacial score (nSPS) is 11.1. The first kappa shape index (κ1) is 9.37. The fourth-order valence-electron chi connectivity index (χ4n) is 0.600. The Bertz CT molecular complexity index is 136. The zero-order valence-corrected chi connectivity index (χ0v) is 6.55. The summed E-state index contributed by atoms with van der Waals surface area (Å²) in [5, 5.41) is 8.75. The molecule has 0 amide bonds. The molecule has 0 atom stereocenters. The summed E-state index contributed by atoms with van der Waals surface area (Å²) in [5.74, 6) is -0.0148. The maximum atomic E-state index is 10.8. The number of hydrogen-bond donors (Lipinski definition) is 1. The van der Waals surface area contributed by atoms with Crippen molar-refractivity contribution in [3.8, 4) is 0 Å². The van der Waals surface area contributed by atoms with E-state index in [9.17, 15) is 4.79 Å². The van der Waals surface area contributed by atoms with Crippen molar-refractivity contribution < 1.29 is 9.90 Å². The molecule has 0 radical (unpaired) electrons. The molecule has 0 bridgehead atoms.